The van der Waals surface area contributed by atoms with Gasteiger partial charge in [0, 0.05) is 17.5 Å². The molecule has 0 saturated carbocycles. The Balaban J connectivity index is 1.86. The lowest BCUT2D eigenvalue weighted by molar-refractivity contribution is -0.137. The van der Waals surface area contributed by atoms with Gasteiger partial charge in [-0.1, -0.05) is 18.2 Å². The lowest BCUT2D eigenvalue weighted by Crippen LogP contribution is -2.33. The van der Waals surface area contributed by atoms with Crippen LogP contribution < -0.4 is 10.2 Å². The number of alkyl halides is 3. The number of anilines is 2. The Morgan fingerprint density at radius 1 is 1.10 bits per heavy atom. The van der Waals surface area contributed by atoms with Gasteiger partial charge >= 0.3 is 6.18 Å². The van der Waals surface area contributed by atoms with Gasteiger partial charge in [0.1, 0.15) is 17.5 Å². The summed E-state index contributed by atoms with van der Waals surface area (Å²) in [4.78, 5) is 36.3. The van der Waals surface area contributed by atoms with Crippen LogP contribution in [0.4, 0.5) is 29.1 Å². The number of allylic oxidation sites excluding steroid dienone is 2. The fourth-order valence-electron chi connectivity index (χ4n) is 4.51. The number of benzene rings is 2. The van der Waals surface area contributed by atoms with Crippen molar-refractivity contribution in [2.75, 3.05) is 10.2 Å². The van der Waals surface area contributed by atoms with Gasteiger partial charge in [-0.25, -0.2) is 19.3 Å². The molecule has 39 heavy (non-hydrogen) atoms. The van der Waals surface area contributed by atoms with E-state index in [1.54, 1.807) is 45.0 Å². The SMILES string of the molecule is C=NC1=C(/C(=C\C)c2ccc(C(F)(F)F)c(C(=O)Nc3ccc(F)cc3)c2)C(C)(C)C(=O)N1c1ccccn1. The first-order valence-electron chi connectivity index (χ1n) is 11.8. The molecule has 0 aliphatic carbocycles. The minimum absolute atomic E-state index is 0.126. The number of pyridine rings is 1. The van der Waals surface area contributed by atoms with Crippen LogP contribution >= 0.6 is 0 Å². The van der Waals surface area contributed by atoms with Crippen molar-refractivity contribution in [3.8, 4) is 0 Å². The van der Waals surface area contributed by atoms with Crippen LogP contribution in [0.15, 0.2) is 89.3 Å². The van der Waals surface area contributed by atoms with Crippen LogP contribution in [0.3, 0.4) is 0 Å². The zero-order chi connectivity index (χ0) is 28.5. The van der Waals surface area contributed by atoms with Gasteiger partial charge in [0.05, 0.1) is 16.5 Å². The zero-order valence-electron chi connectivity index (χ0n) is 21.3. The summed E-state index contributed by atoms with van der Waals surface area (Å²) in [6.07, 6.45) is -1.66. The molecule has 0 atom stereocenters. The van der Waals surface area contributed by atoms with Crippen molar-refractivity contribution in [2.45, 2.75) is 26.9 Å². The molecule has 2 heterocycles. The third kappa shape index (κ3) is 5.09. The predicted octanol–water partition coefficient (Wildman–Crippen LogP) is 6.88. The molecule has 0 fully saturated rings. The lowest BCUT2D eigenvalue weighted by atomic mass is 9.78. The Labute approximate surface area is 222 Å². The van der Waals surface area contributed by atoms with E-state index in [1.807, 2.05) is 0 Å². The van der Waals surface area contributed by atoms with Crippen LogP contribution in [-0.4, -0.2) is 23.5 Å². The number of amides is 2. The maximum Gasteiger partial charge on any atom is 0.417 e. The fraction of sp³-hybridized carbons (Fsp3) is 0.172. The Morgan fingerprint density at radius 3 is 2.36 bits per heavy atom. The Bertz CT molecular complexity index is 1510. The van der Waals surface area contributed by atoms with Crippen molar-refractivity contribution in [1.29, 1.82) is 0 Å². The highest BCUT2D eigenvalue weighted by Gasteiger charge is 2.48. The van der Waals surface area contributed by atoms with E-state index in [4.69, 9.17) is 0 Å². The molecule has 0 radical (unpaired) electrons. The topological polar surface area (TPSA) is 74.7 Å². The van der Waals surface area contributed by atoms with Crippen LogP contribution in [-0.2, 0) is 11.0 Å². The summed E-state index contributed by atoms with van der Waals surface area (Å²) in [6, 6.07) is 12.9. The number of aromatic nitrogens is 1. The third-order valence-electron chi connectivity index (χ3n) is 6.37. The van der Waals surface area contributed by atoms with E-state index in [0.29, 0.717) is 17.0 Å². The van der Waals surface area contributed by atoms with E-state index in [9.17, 15) is 27.2 Å². The highest BCUT2D eigenvalue weighted by Crippen LogP contribution is 2.48. The zero-order valence-corrected chi connectivity index (χ0v) is 21.3. The molecule has 0 bridgehead atoms. The van der Waals surface area contributed by atoms with Crippen molar-refractivity contribution in [2.24, 2.45) is 10.4 Å². The van der Waals surface area contributed by atoms with E-state index in [0.717, 1.165) is 24.3 Å². The van der Waals surface area contributed by atoms with Crippen molar-refractivity contribution in [1.82, 2.24) is 4.98 Å². The molecule has 4 rings (SSSR count). The summed E-state index contributed by atoms with van der Waals surface area (Å²) >= 11 is 0. The molecule has 0 saturated heterocycles. The monoisotopic (exact) mass is 536 g/mol. The summed E-state index contributed by atoms with van der Waals surface area (Å²) in [6.45, 7) is 8.65. The number of nitrogens with one attached hydrogen (secondary N) is 1. The summed E-state index contributed by atoms with van der Waals surface area (Å²) in [7, 11) is 0. The molecule has 1 aliphatic heterocycles. The fourth-order valence-corrected chi connectivity index (χ4v) is 4.51. The number of hydrogen-bond donors (Lipinski definition) is 1. The van der Waals surface area contributed by atoms with E-state index < -0.39 is 34.4 Å². The summed E-state index contributed by atoms with van der Waals surface area (Å²) in [5, 5.41) is 2.39. The minimum atomic E-state index is -4.82. The summed E-state index contributed by atoms with van der Waals surface area (Å²) in [5.41, 5.74) is -1.74. The van der Waals surface area contributed by atoms with Gasteiger partial charge in [-0.05, 0) is 87.2 Å². The van der Waals surface area contributed by atoms with Crippen molar-refractivity contribution < 1.29 is 27.2 Å². The number of hydrogen-bond acceptors (Lipinski definition) is 4. The third-order valence-corrected chi connectivity index (χ3v) is 6.37. The molecule has 6 nitrogen and oxygen atoms in total. The first-order valence-corrected chi connectivity index (χ1v) is 11.8. The van der Waals surface area contributed by atoms with Crippen LogP contribution in [0.5, 0.6) is 0 Å². The quantitative estimate of drug-likeness (QED) is 0.276. The number of aliphatic imine (C=N–C) groups is 1. The Hall–Kier alpha value is -4.60. The van der Waals surface area contributed by atoms with Crippen LogP contribution in [0, 0.1) is 11.2 Å². The van der Waals surface area contributed by atoms with Crippen molar-refractivity contribution in [3.05, 3.63) is 107 Å². The normalized spacial score (nSPS) is 15.5. The smallest absolute Gasteiger partial charge is 0.322 e. The van der Waals surface area contributed by atoms with Gasteiger partial charge < -0.3 is 5.32 Å². The predicted molar refractivity (Wildman–Crippen MR) is 142 cm³/mol. The first-order chi connectivity index (χ1) is 18.4. The molecule has 2 aromatic carbocycles. The molecule has 1 aromatic heterocycles. The van der Waals surface area contributed by atoms with Gasteiger partial charge in [-0.15, -0.1) is 0 Å². The van der Waals surface area contributed by atoms with E-state index >= 15 is 0 Å². The summed E-state index contributed by atoms with van der Waals surface area (Å²) < 4.78 is 55.0. The van der Waals surface area contributed by atoms with Gasteiger partial charge in [-0.2, -0.15) is 13.2 Å². The first kappa shape index (κ1) is 27.4. The van der Waals surface area contributed by atoms with Crippen LogP contribution in [0.1, 0.15) is 42.3 Å². The molecule has 10 heteroatoms. The molecular formula is C29H24F4N4O2. The molecule has 3 aromatic rings. The molecule has 2 amide bonds. The Morgan fingerprint density at radius 2 is 1.79 bits per heavy atom. The second kappa shape index (κ2) is 10.3. The molecule has 1 N–H and O–H groups in total. The number of halogens is 4. The average molecular weight is 537 g/mol. The average Bonchev–Trinajstić information content (AvgIpc) is 3.10. The van der Waals surface area contributed by atoms with E-state index in [2.05, 4.69) is 22.0 Å². The number of carbonyl (C=O) groups is 2. The van der Waals surface area contributed by atoms with Gasteiger partial charge in [0.15, 0.2) is 0 Å². The molecule has 1 aliphatic rings. The van der Waals surface area contributed by atoms with Crippen molar-refractivity contribution in [3.63, 3.8) is 0 Å². The molecule has 0 unspecified atom stereocenters. The molecule has 200 valence electrons. The van der Waals surface area contributed by atoms with Gasteiger partial charge in [0.2, 0.25) is 5.91 Å². The highest BCUT2D eigenvalue weighted by atomic mass is 19.4. The molecular weight excluding hydrogens is 512 g/mol. The van der Waals surface area contributed by atoms with E-state index in [1.165, 1.54) is 29.3 Å². The maximum atomic E-state index is 13.9. The summed E-state index contributed by atoms with van der Waals surface area (Å²) in [5.74, 6) is -1.43. The van der Waals surface area contributed by atoms with E-state index in [-0.39, 0.29) is 23.0 Å². The minimum Gasteiger partial charge on any atom is -0.322 e. The highest BCUT2D eigenvalue weighted by molar-refractivity contribution is 6.10. The second-order valence-corrected chi connectivity index (χ2v) is 9.23. The maximum absolute atomic E-state index is 13.9. The second-order valence-electron chi connectivity index (χ2n) is 9.23. The largest absolute Gasteiger partial charge is 0.417 e. The number of nitrogens with zero attached hydrogens (tertiary/aromatic N) is 3. The van der Waals surface area contributed by atoms with Crippen molar-refractivity contribution >= 4 is 35.6 Å². The Kier molecular flexibility index (Phi) is 7.23. The lowest BCUT2D eigenvalue weighted by Gasteiger charge is -2.23. The number of carbonyl (C=O) groups excluding carboxylic acids is 2. The standard InChI is InChI=1S/C29H24F4N4O2/c1-5-20(24-25(34-4)37(27(39)28(24,2)3)23-8-6-7-15-35-23)17-9-14-22(29(31,32)33)21(16-17)26(38)36-19-12-10-18(30)11-13-19/h5-16H,4H2,1-3H3,(H,36,38)/b20-5-. The van der Waals surface area contributed by atoms with Gasteiger partial charge in [-0.3, -0.25) is 9.59 Å². The van der Waals surface area contributed by atoms with Crippen LogP contribution in [0.2, 0.25) is 0 Å². The van der Waals surface area contributed by atoms with Crippen LogP contribution in [0.25, 0.3) is 5.57 Å². The van der Waals surface area contributed by atoms with Gasteiger partial charge in [0.25, 0.3) is 5.91 Å². The molecule has 0 spiro atoms. The number of rotatable bonds is 6.